The molecule has 0 spiro atoms. The van der Waals surface area contributed by atoms with Gasteiger partial charge in [0.25, 0.3) is 5.91 Å². The second-order valence-corrected chi connectivity index (χ2v) is 5.03. The van der Waals surface area contributed by atoms with E-state index in [1.165, 1.54) is 12.3 Å². The van der Waals surface area contributed by atoms with Crippen molar-refractivity contribution in [2.75, 3.05) is 10.6 Å². The van der Waals surface area contributed by atoms with Crippen LogP contribution in [-0.2, 0) is 0 Å². The molecule has 7 heteroatoms. The summed E-state index contributed by atoms with van der Waals surface area (Å²) in [5.41, 5.74) is 0.398. The Morgan fingerprint density at radius 1 is 1.09 bits per heavy atom. The van der Waals surface area contributed by atoms with E-state index in [1.54, 1.807) is 6.07 Å². The van der Waals surface area contributed by atoms with Crippen molar-refractivity contribution in [3.8, 4) is 0 Å². The van der Waals surface area contributed by atoms with Crippen molar-refractivity contribution < 1.29 is 18.0 Å². The zero-order valence-corrected chi connectivity index (χ0v) is 11.4. The second-order valence-electron chi connectivity index (χ2n) is 5.03. The van der Waals surface area contributed by atoms with Crippen LogP contribution in [0.4, 0.5) is 24.5 Å². The highest BCUT2D eigenvalue weighted by Crippen LogP contribution is 2.24. The molecule has 1 amide bonds. The number of nitrogens with zero attached hydrogens (tertiary/aromatic N) is 1. The quantitative estimate of drug-likeness (QED) is 0.852. The van der Waals surface area contributed by atoms with Gasteiger partial charge in [0.15, 0.2) is 17.5 Å². The minimum atomic E-state index is -1.63. The number of anilines is 2. The number of aromatic nitrogens is 1. The summed E-state index contributed by atoms with van der Waals surface area (Å²) in [5, 5.41) is 5.37. The summed E-state index contributed by atoms with van der Waals surface area (Å²) >= 11 is 0. The normalized spacial score (nSPS) is 13.8. The number of benzene rings is 1. The van der Waals surface area contributed by atoms with Crippen LogP contribution >= 0.6 is 0 Å². The highest BCUT2D eigenvalue weighted by atomic mass is 19.2. The lowest BCUT2D eigenvalue weighted by molar-refractivity contribution is 0.102. The van der Waals surface area contributed by atoms with Crippen LogP contribution in [-0.4, -0.2) is 16.9 Å². The smallest absolute Gasteiger partial charge is 0.274 e. The standard InChI is InChI=1S/C15H12F3N3O/c16-10-4-6-11(14(18)13(10)17)21-15(22)12-5-3-9(7-19-12)20-8-1-2-8/h3-8,20H,1-2H2,(H,21,22). The predicted molar refractivity (Wildman–Crippen MR) is 75.2 cm³/mol. The Morgan fingerprint density at radius 2 is 1.86 bits per heavy atom. The lowest BCUT2D eigenvalue weighted by Gasteiger charge is -2.08. The van der Waals surface area contributed by atoms with Crippen molar-refractivity contribution in [1.82, 2.24) is 4.98 Å². The third-order valence-electron chi connectivity index (χ3n) is 3.23. The van der Waals surface area contributed by atoms with Crippen LogP contribution in [0.2, 0.25) is 0 Å². The van der Waals surface area contributed by atoms with E-state index in [-0.39, 0.29) is 5.69 Å². The summed E-state index contributed by atoms with van der Waals surface area (Å²) < 4.78 is 39.4. The zero-order chi connectivity index (χ0) is 15.7. The molecule has 114 valence electrons. The number of amides is 1. The minimum absolute atomic E-state index is 0.0467. The van der Waals surface area contributed by atoms with Crippen LogP contribution in [0.3, 0.4) is 0 Å². The number of carbonyl (C=O) groups excluding carboxylic acids is 1. The topological polar surface area (TPSA) is 54.0 Å². The summed E-state index contributed by atoms with van der Waals surface area (Å²) in [4.78, 5) is 15.9. The maximum Gasteiger partial charge on any atom is 0.274 e. The molecular formula is C15H12F3N3O. The van der Waals surface area contributed by atoms with E-state index < -0.39 is 29.0 Å². The Kier molecular flexibility index (Phi) is 3.70. The number of pyridine rings is 1. The summed E-state index contributed by atoms with van der Waals surface area (Å²) in [6, 6.07) is 5.30. The molecule has 1 fully saturated rings. The monoisotopic (exact) mass is 307 g/mol. The van der Waals surface area contributed by atoms with E-state index in [4.69, 9.17) is 0 Å². The van der Waals surface area contributed by atoms with Crippen LogP contribution in [0.5, 0.6) is 0 Å². The van der Waals surface area contributed by atoms with E-state index in [9.17, 15) is 18.0 Å². The highest BCUT2D eigenvalue weighted by molar-refractivity contribution is 6.03. The average molecular weight is 307 g/mol. The van der Waals surface area contributed by atoms with Crippen molar-refractivity contribution >= 4 is 17.3 Å². The van der Waals surface area contributed by atoms with Crippen LogP contribution < -0.4 is 10.6 Å². The van der Waals surface area contributed by atoms with Gasteiger partial charge in [-0.1, -0.05) is 0 Å². The van der Waals surface area contributed by atoms with E-state index in [2.05, 4.69) is 15.6 Å². The van der Waals surface area contributed by atoms with Gasteiger partial charge in [-0.3, -0.25) is 4.79 Å². The third kappa shape index (κ3) is 3.03. The molecule has 1 heterocycles. The number of nitrogens with one attached hydrogen (secondary N) is 2. The molecule has 22 heavy (non-hydrogen) atoms. The first-order valence-electron chi connectivity index (χ1n) is 6.72. The Morgan fingerprint density at radius 3 is 2.50 bits per heavy atom. The van der Waals surface area contributed by atoms with Gasteiger partial charge in [-0.25, -0.2) is 18.2 Å². The molecule has 2 aromatic rings. The minimum Gasteiger partial charge on any atom is -0.381 e. The van der Waals surface area contributed by atoms with Crippen molar-refractivity contribution in [3.05, 3.63) is 53.6 Å². The van der Waals surface area contributed by atoms with Crippen LogP contribution in [0, 0.1) is 17.5 Å². The number of halogens is 3. The fraction of sp³-hybridized carbons (Fsp3) is 0.200. The summed E-state index contributed by atoms with van der Waals surface area (Å²) in [7, 11) is 0. The number of rotatable bonds is 4. The summed E-state index contributed by atoms with van der Waals surface area (Å²) in [6.07, 6.45) is 3.71. The molecule has 1 saturated carbocycles. The first kappa shape index (κ1) is 14.4. The van der Waals surface area contributed by atoms with Gasteiger partial charge in [0, 0.05) is 6.04 Å². The molecule has 3 rings (SSSR count). The fourth-order valence-electron chi connectivity index (χ4n) is 1.89. The average Bonchev–Trinajstić information content (AvgIpc) is 3.32. The third-order valence-corrected chi connectivity index (χ3v) is 3.23. The Balaban J connectivity index is 1.72. The van der Waals surface area contributed by atoms with Crippen molar-refractivity contribution in [2.24, 2.45) is 0 Å². The molecule has 0 atom stereocenters. The van der Waals surface area contributed by atoms with Crippen molar-refractivity contribution in [2.45, 2.75) is 18.9 Å². The second kappa shape index (κ2) is 5.67. The molecule has 2 N–H and O–H groups in total. The molecule has 0 unspecified atom stereocenters. The van der Waals surface area contributed by atoms with E-state index in [0.717, 1.165) is 30.7 Å². The molecule has 0 bridgehead atoms. The molecule has 1 aliphatic carbocycles. The lowest BCUT2D eigenvalue weighted by atomic mass is 10.2. The molecule has 1 aliphatic rings. The van der Waals surface area contributed by atoms with Gasteiger partial charge in [0.2, 0.25) is 0 Å². The van der Waals surface area contributed by atoms with Crippen LogP contribution in [0.1, 0.15) is 23.3 Å². The van der Waals surface area contributed by atoms with Gasteiger partial charge < -0.3 is 10.6 Å². The first-order chi connectivity index (χ1) is 10.5. The Labute approximate surface area is 124 Å². The van der Waals surface area contributed by atoms with Crippen LogP contribution in [0.15, 0.2) is 30.5 Å². The Hall–Kier alpha value is -2.57. The largest absolute Gasteiger partial charge is 0.381 e. The molecule has 0 radical (unpaired) electrons. The van der Waals surface area contributed by atoms with E-state index in [1.807, 2.05) is 0 Å². The van der Waals surface area contributed by atoms with Gasteiger partial charge >= 0.3 is 0 Å². The van der Waals surface area contributed by atoms with Crippen molar-refractivity contribution in [3.63, 3.8) is 0 Å². The number of hydrogen-bond donors (Lipinski definition) is 2. The molecule has 0 saturated heterocycles. The molecule has 1 aromatic heterocycles. The van der Waals surface area contributed by atoms with Gasteiger partial charge in [-0.2, -0.15) is 0 Å². The highest BCUT2D eigenvalue weighted by Gasteiger charge is 2.21. The fourth-order valence-corrected chi connectivity index (χ4v) is 1.89. The maximum atomic E-state index is 13.5. The predicted octanol–water partition coefficient (Wildman–Crippen LogP) is 3.33. The molecule has 0 aliphatic heterocycles. The van der Waals surface area contributed by atoms with Gasteiger partial charge in [-0.05, 0) is 37.1 Å². The van der Waals surface area contributed by atoms with E-state index in [0.29, 0.717) is 6.04 Å². The van der Waals surface area contributed by atoms with Crippen LogP contribution in [0.25, 0.3) is 0 Å². The maximum absolute atomic E-state index is 13.5. The van der Waals surface area contributed by atoms with Crippen molar-refractivity contribution in [1.29, 1.82) is 0 Å². The first-order valence-corrected chi connectivity index (χ1v) is 6.72. The molecule has 4 nitrogen and oxygen atoms in total. The zero-order valence-electron chi connectivity index (χ0n) is 11.4. The summed E-state index contributed by atoms with van der Waals surface area (Å²) in [5.74, 6) is -5.10. The molecular weight excluding hydrogens is 295 g/mol. The lowest BCUT2D eigenvalue weighted by Crippen LogP contribution is -2.15. The van der Waals surface area contributed by atoms with Gasteiger partial charge in [-0.15, -0.1) is 0 Å². The number of carbonyl (C=O) groups is 1. The SMILES string of the molecule is O=C(Nc1ccc(F)c(F)c1F)c1ccc(NC2CC2)cn1. The molecule has 1 aromatic carbocycles. The Bertz CT molecular complexity index is 715. The summed E-state index contributed by atoms with van der Waals surface area (Å²) in [6.45, 7) is 0. The van der Waals surface area contributed by atoms with Gasteiger partial charge in [0.1, 0.15) is 5.69 Å². The number of hydrogen-bond acceptors (Lipinski definition) is 3. The van der Waals surface area contributed by atoms with Gasteiger partial charge in [0.05, 0.1) is 17.6 Å². The van der Waals surface area contributed by atoms with E-state index >= 15 is 0 Å².